The molecular weight excluding hydrogens is 320 g/mol. The Hall–Kier alpha value is -1.41. The van der Waals surface area contributed by atoms with Gasteiger partial charge in [0.05, 0.1) is 5.75 Å². The average Bonchev–Trinajstić information content (AvgIpc) is 2.76. The standard InChI is InChI=1S/C10H9BrN4O2S/c1-6-14-15-10(17-6)18-5-9(16)13-8-3-2-7(11)4-12-8/h2-4H,5H2,1H3,(H,12,13,16). The molecule has 0 radical (unpaired) electrons. The van der Waals surface area contributed by atoms with Crippen LogP contribution >= 0.6 is 27.7 Å². The smallest absolute Gasteiger partial charge is 0.277 e. The number of hydrogen-bond donors (Lipinski definition) is 1. The maximum atomic E-state index is 11.6. The highest BCUT2D eigenvalue weighted by Crippen LogP contribution is 2.16. The normalized spacial score (nSPS) is 10.3. The first kappa shape index (κ1) is 13.0. The summed E-state index contributed by atoms with van der Waals surface area (Å²) >= 11 is 4.45. The molecule has 0 saturated carbocycles. The molecule has 0 aliphatic rings. The number of thioether (sulfide) groups is 1. The molecule has 0 aliphatic carbocycles. The van der Waals surface area contributed by atoms with Crippen LogP contribution in [0.4, 0.5) is 5.82 Å². The van der Waals surface area contributed by atoms with Gasteiger partial charge in [0.2, 0.25) is 11.8 Å². The van der Waals surface area contributed by atoms with E-state index >= 15 is 0 Å². The zero-order valence-corrected chi connectivity index (χ0v) is 11.8. The highest BCUT2D eigenvalue weighted by atomic mass is 79.9. The third-order valence-corrected chi connectivity index (χ3v) is 3.12. The summed E-state index contributed by atoms with van der Waals surface area (Å²) in [5.74, 6) is 1.00. The van der Waals surface area contributed by atoms with E-state index in [-0.39, 0.29) is 11.7 Å². The number of aromatic nitrogens is 3. The van der Waals surface area contributed by atoms with Crippen molar-refractivity contribution in [1.29, 1.82) is 0 Å². The van der Waals surface area contributed by atoms with E-state index in [9.17, 15) is 4.79 Å². The van der Waals surface area contributed by atoms with Gasteiger partial charge in [0.1, 0.15) is 5.82 Å². The summed E-state index contributed by atoms with van der Waals surface area (Å²) in [7, 11) is 0. The highest BCUT2D eigenvalue weighted by Gasteiger charge is 2.08. The van der Waals surface area contributed by atoms with Crippen LogP contribution in [0.15, 0.2) is 32.4 Å². The van der Waals surface area contributed by atoms with Gasteiger partial charge >= 0.3 is 0 Å². The SMILES string of the molecule is Cc1nnc(SCC(=O)Nc2ccc(Br)cn2)o1. The van der Waals surface area contributed by atoms with Gasteiger partial charge in [-0.3, -0.25) is 4.79 Å². The zero-order chi connectivity index (χ0) is 13.0. The molecule has 2 aromatic rings. The number of carbonyl (C=O) groups excluding carboxylic acids is 1. The van der Waals surface area contributed by atoms with Crippen molar-refractivity contribution in [2.24, 2.45) is 0 Å². The minimum Gasteiger partial charge on any atom is -0.416 e. The number of hydrogen-bond acceptors (Lipinski definition) is 6. The average molecular weight is 329 g/mol. The van der Waals surface area contributed by atoms with Crippen LogP contribution in [0.5, 0.6) is 0 Å². The molecule has 0 bridgehead atoms. The minimum absolute atomic E-state index is 0.175. The van der Waals surface area contributed by atoms with Crippen molar-refractivity contribution in [1.82, 2.24) is 15.2 Å². The van der Waals surface area contributed by atoms with Crippen molar-refractivity contribution in [2.75, 3.05) is 11.1 Å². The summed E-state index contributed by atoms with van der Waals surface area (Å²) in [6.07, 6.45) is 1.62. The molecular formula is C10H9BrN4O2S. The van der Waals surface area contributed by atoms with Gasteiger partial charge in [-0.2, -0.15) is 0 Å². The third kappa shape index (κ3) is 3.81. The molecule has 0 saturated heterocycles. The van der Waals surface area contributed by atoms with Crippen LogP contribution in [0, 0.1) is 6.92 Å². The number of nitrogens with zero attached hydrogens (tertiary/aromatic N) is 3. The molecule has 6 nitrogen and oxygen atoms in total. The fourth-order valence-electron chi connectivity index (χ4n) is 1.09. The molecule has 18 heavy (non-hydrogen) atoms. The van der Waals surface area contributed by atoms with Crippen LogP contribution in [0.1, 0.15) is 5.89 Å². The van der Waals surface area contributed by atoms with Crippen molar-refractivity contribution >= 4 is 39.4 Å². The number of rotatable bonds is 4. The van der Waals surface area contributed by atoms with Crippen molar-refractivity contribution in [3.05, 3.63) is 28.7 Å². The Kier molecular flexibility index (Phi) is 4.32. The van der Waals surface area contributed by atoms with Gasteiger partial charge < -0.3 is 9.73 Å². The monoisotopic (exact) mass is 328 g/mol. The lowest BCUT2D eigenvalue weighted by Gasteiger charge is -2.02. The van der Waals surface area contributed by atoms with E-state index in [1.807, 2.05) is 0 Å². The van der Waals surface area contributed by atoms with Crippen molar-refractivity contribution < 1.29 is 9.21 Å². The summed E-state index contributed by atoms with van der Waals surface area (Å²) in [6.45, 7) is 1.70. The Labute approximate surface area is 116 Å². The van der Waals surface area contributed by atoms with Crippen LogP contribution in [0.2, 0.25) is 0 Å². The first-order valence-electron chi connectivity index (χ1n) is 4.98. The molecule has 94 valence electrons. The Morgan fingerprint density at radius 1 is 1.50 bits per heavy atom. The van der Waals surface area contributed by atoms with Gasteiger partial charge in [-0.1, -0.05) is 11.8 Å². The molecule has 0 spiro atoms. The second-order valence-electron chi connectivity index (χ2n) is 3.29. The van der Waals surface area contributed by atoms with Crippen molar-refractivity contribution in [2.45, 2.75) is 12.1 Å². The maximum absolute atomic E-state index is 11.6. The molecule has 1 N–H and O–H groups in total. The number of carbonyl (C=O) groups is 1. The molecule has 0 aromatic carbocycles. The van der Waals surface area contributed by atoms with Gasteiger partial charge in [-0.05, 0) is 28.1 Å². The summed E-state index contributed by atoms with van der Waals surface area (Å²) < 4.78 is 6.00. The predicted molar refractivity (Wildman–Crippen MR) is 70.3 cm³/mol. The Morgan fingerprint density at radius 3 is 2.94 bits per heavy atom. The van der Waals surface area contributed by atoms with Gasteiger partial charge in [-0.25, -0.2) is 4.98 Å². The number of halogens is 1. The van der Waals surface area contributed by atoms with Crippen LogP contribution in [0.3, 0.4) is 0 Å². The molecule has 2 heterocycles. The first-order valence-corrected chi connectivity index (χ1v) is 6.75. The fourth-order valence-corrected chi connectivity index (χ4v) is 1.93. The van der Waals surface area contributed by atoms with Crippen LogP contribution in [-0.2, 0) is 4.79 Å². The molecule has 0 aliphatic heterocycles. The summed E-state index contributed by atoms with van der Waals surface area (Å²) in [6, 6.07) is 3.51. The zero-order valence-electron chi connectivity index (χ0n) is 9.38. The molecule has 0 unspecified atom stereocenters. The van der Waals surface area contributed by atoms with E-state index in [4.69, 9.17) is 4.42 Å². The highest BCUT2D eigenvalue weighted by molar-refractivity contribution is 9.10. The lowest BCUT2D eigenvalue weighted by Crippen LogP contribution is -2.14. The van der Waals surface area contributed by atoms with E-state index in [1.165, 1.54) is 11.8 Å². The number of amides is 1. The number of aryl methyl sites for hydroxylation is 1. The quantitative estimate of drug-likeness (QED) is 0.867. The Balaban J connectivity index is 1.83. The lowest BCUT2D eigenvalue weighted by atomic mass is 10.4. The number of nitrogens with one attached hydrogen (secondary N) is 1. The minimum atomic E-state index is -0.175. The van der Waals surface area contributed by atoms with E-state index in [0.717, 1.165) is 4.47 Å². The Morgan fingerprint density at radius 2 is 2.33 bits per heavy atom. The van der Waals surface area contributed by atoms with Gasteiger partial charge in [0, 0.05) is 17.6 Å². The number of anilines is 1. The van der Waals surface area contributed by atoms with Gasteiger partial charge in [0.25, 0.3) is 5.22 Å². The molecule has 2 aromatic heterocycles. The van der Waals surface area contributed by atoms with Crippen molar-refractivity contribution in [3.63, 3.8) is 0 Å². The first-order chi connectivity index (χ1) is 8.63. The van der Waals surface area contributed by atoms with E-state index in [1.54, 1.807) is 25.3 Å². The topological polar surface area (TPSA) is 80.9 Å². The molecule has 0 fully saturated rings. The predicted octanol–water partition coefficient (Wildman–Crippen LogP) is 2.27. The summed E-state index contributed by atoms with van der Waals surface area (Å²) in [4.78, 5) is 15.6. The lowest BCUT2D eigenvalue weighted by molar-refractivity contribution is -0.113. The van der Waals surface area contributed by atoms with Gasteiger partial charge in [-0.15, -0.1) is 10.2 Å². The van der Waals surface area contributed by atoms with Crippen molar-refractivity contribution in [3.8, 4) is 0 Å². The number of pyridine rings is 1. The molecule has 8 heteroatoms. The largest absolute Gasteiger partial charge is 0.416 e. The van der Waals surface area contributed by atoms with Gasteiger partial charge in [0.15, 0.2) is 0 Å². The van der Waals surface area contributed by atoms with E-state index < -0.39 is 0 Å². The second-order valence-corrected chi connectivity index (χ2v) is 5.13. The molecule has 1 amide bonds. The summed E-state index contributed by atoms with van der Waals surface area (Å²) in [5.41, 5.74) is 0. The third-order valence-electron chi connectivity index (χ3n) is 1.83. The summed E-state index contributed by atoms with van der Waals surface area (Å²) in [5, 5.41) is 10.5. The van der Waals surface area contributed by atoms with E-state index in [2.05, 4.69) is 36.4 Å². The molecule has 0 atom stereocenters. The van der Waals surface area contributed by atoms with Crippen LogP contribution in [0.25, 0.3) is 0 Å². The molecule has 2 rings (SSSR count). The fraction of sp³-hybridized carbons (Fsp3) is 0.200. The van der Waals surface area contributed by atoms with Crippen LogP contribution in [-0.4, -0.2) is 26.8 Å². The van der Waals surface area contributed by atoms with Crippen LogP contribution < -0.4 is 5.32 Å². The Bertz CT molecular complexity index is 543. The van der Waals surface area contributed by atoms with E-state index in [0.29, 0.717) is 16.9 Å². The second kappa shape index (κ2) is 5.96. The maximum Gasteiger partial charge on any atom is 0.277 e.